The number of ether oxygens (including phenoxy) is 2. The summed E-state index contributed by atoms with van der Waals surface area (Å²) < 4.78 is 10.6. The van der Waals surface area contributed by atoms with Crippen LogP contribution in [0.25, 0.3) is 11.0 Å². The molecule has 11 heteroatoms. The van der Waals surface area contributed by atoms with E-state index in [0.29, 0.717) is 27.2 Å². The van der Waals surface area contributed by atoms with Crippen molar-refractivity contribution in [1.82, 2.24) is 15.4 Å². The topological polar surface area (TPSA) is 135 Å². The summed E-state index contributed by atoms with van der Waals surface area (Å²) in [6.07, 6.45) is 1.26. The van der Waals surface area contributed by atoms with E-state index in [1.165, 1.54) is 32.6 Å². The zero-order valence-corrected chi connectivity index (χ0v) is 15.6. The predicted molar refractivity (Wildman–Crippen MR) is 105 cm³/mol. The molecule has 1 heterocycles. The van der Waals surface area contributed by atoms with Crippen molar-refractivity contribution in [3.8, 4) is 11.5 Å². The third-order valence-electron chi connectivity index (χ3n) is 3.88. The minimum atomic E-state index is -0.579. The molecule has 0 bridgehead atoms. The molecule has 0 saturated heterocycles. The van der Waals surface area contributed by atoms with Crippen LogP contribution in [0.5, 0.6) is 11.5 Å². The van der Waals surface area contributed by atoms with E-state index in [0.717, 1.165) is 5.52 Å². The maximum Gasteiger partial charge on any atom is 0.311 e. The first-order valence-electron chi connectivity index (χ1n) is 7.88. The van der Waals surface area contributed by atoms with Crippen molar-refractivity contribution < 1.29 is 19.2 Å². The van der Waals surface area contributed by atoms with E-state index < -0.39 is 10.8 Å². The zero-order chi connectivity index (χ0) is 20.3. The number of hydrazone groups is 1. The predicted octanol–water partition coefficient (Wildman–Crippen LogP) is 2.91. The molecule has 0 spiro atoms. The summed E-state index contributed by atoms with van der Waals surface area (Å²) in [4.78, 5) is 28.7. The number of aromatic amines is 2. The summed E-state index contributed by atoms with van der Waals surface area (Å²) in [5.74, 6) is -0.0948. The van der Waals surface area contributed by atoms with Gasteiger partial charge in [0.15, 0.2) is 4.77 Å². The summed E-state index contributed by atoms with van der Waals surface area (Å²) in [6.45, 7) is 0. The van der Waals surface area contributed by atoms with Crippen LogP contribution in [0.1, 0.15) is 15.9 Å². The summed E-state index contributed by atoms with van der Waals surface area (Å²) >= 11 is 5.01. The number of nitro groups is 1. The minimum absolute atomic E-state index is 0.0557. The van der Waals surface area contributed by atoms with Crippen molar-refractivity contribution in [2.24, 2.45) is 5.10 Å². The molecule has 3 N–H and O–H groups in total. The fraction of sp³-hybridized carbons (Fsp3) is 0.118. The van der Waals surface area contributed by atoms with Crippen molar-refractivity contribution >= 4 is 41.1 Å². The number of hydrogen-bond donors (Lipinski definition) is 3. The Morgan fingerprint density at radius 3 is 2.57 bits per heavy atom. The average Bonchev–Trinajstić information content (AvgIpc) is 3.06. The highest BCUT2D eigenvalue weighted by molar-refractivity contribution is 7.71. The number of nitro benzene ring substituents is 1. The Balaban J connectivity index is 1.82. The Bertz CT molecular complexity index is 1150. The monoisotopic (exact) mass is 401 g/mol. The molecule has 1 amide bonds. The number of carbonyl (C=O) groups is 1. The second-order valence-corrected chi connectivity index (χ2v) is 5.97. The number of rotatable bonds is 6. The maximum atomic E-state index is 12.3. The fourth-order valence-electron chi connectivity index (χ4n) is 2.55. The molecule has 144 valence electrons. The summed E-state index contributed by atoms with van der Waals surface area (Å²) in [7, 11) is 2.73. The number of fused-ring (bicyclic) bond motifs is 1. The second-order valence-electron chi connectivity index (χ2n) is 5.56. The van der Waals surface area contributed by atoms with Gasteiger partial charge in [-0.3, -0.25) is 14.9 Å². The van der Waals surface area contributed by atoms with Crippen LogP contribution in [0.15, 0.2) is 35.4 Å². The lowest BCUT2D eigenvalue weighted by atomic mass is 10.1. The van der Waals surface area contributed by atoms with Gasteiger partial charge in [-0.1, -0.05) is 0 Å². The number of nitrogens with zero attached hydrogens (tertiary/aromatic N) is 2. The van der Waals surface area contributed by atoms with Gasteiger partial charge >= 0.3 is 5.69 Å². The van der Waals surface area contributed by atoms with Gasteiger partial charge in [-0.15, -0.1) is 0 Å². The lowest BCUT2D eigenvalue weighted by Crippen LogP contribution is -2.17. The molecular weight excluding hydrogens is 386 g/mol. The first kappa shape index (κ1) is 19.0. The van der Waals surface area contributed by atoms with Crippen molar-refractivity contribution in [2.75, 3.05) is 14.2 Å². The quantitative estimate of drug-likeness (QED) is 0.252. The molecule has 1 aromatic heterocycles. The number of imidazole rings is 1. The van der Waals surface area contributed by atoms with Gasteiger partial charge in [-0.25, -0.2) is 5.43 Å². The number of nitrogens with one attached hydrogen (secondary N) is 3. The fourth-order valence-corrected chi connectivity index (χ4v) is 2.77. The number of carbonyl (C=O) groups excluding carboxylic acids is 1. The van der Waals surface area contributed by atoms with E-state index >= 15 is 0 Å². The van der Waals surface area contributed by atoms with Gasteiger partial charge in [-0.05, 0) is 30.4 Å². The van der Waals surface area contributed by atoms with Crippen LogP contribution in [-0.2, 0) is 0 Å². The lowest BCUT2D eigenvalue weighted by Gasteiger charge is -2.08. The van der Waals surface area contributed by atoms with Gasteiger partial charge < -0.3 is 19.4 Å². The molecule has 2 aromatic carbocycles. The van der Waals surface area contributed by atoms with E-state index in [1.807, 2.05) is 0 Å². The normalized spacial score (nSPS) is 10.9. The van der Waals surface area contributed by atoms with Crippen molar-refractivity contribution in [1.29, 1.82) is 0 Å². The molecule has 0 unspecified atom stereocenters. The Hall–Kier alpha value is -3.73. The van der Waals surface area contributed by atoms with E-state index in [4.69, 9.17) is 21.7 Å². The summed E-state index contributed by atoms with van der Waals surface area (Å²) in [5.41, 5.74) is 4.26. The highest BCUT2D eigenvalue weighted by atomic mass is 32.1. The van der Waals surface area contributed by atoms with Crippen LogP contribution in [-0.4, -0.2) is 41.2 Å². The largest absolute Gasteiger partial charge is 0.496 e. The van der Waals surface area contributed by atoms with Crippen LogP contribution >= 0.6 is 12.2 Å². The molecule has 28 heavy (non-hydrogen) atoms. The molecule has 3 rings (SSSR count). The number of methoxy groups -OCH3 is 2. The van der Waals surface area contributed by atoms with Gasteiger partial charge in [-0.2, -0.15) is 5.10 Å². The second kappa shape index (κ2) is 7.88. The first-order chi connectivity index (χ1) is 13.4. The molecule has 0 fully saturated rings. The van der Waals surface area contributed by atoms with Gasteiger partial charge in [0.1, 0.15) is 5.75 Å². The van der Waals surface area contributed by atoms with Gasteiger partial charge in [0.2, 0.25) is 5.75 Å². The maximum absolute atomic E-state index is 12.3. The SMILES string of the molecule is COc1cc(OC)c([N+](=O)[O-])cc1/C=N\NC(=O)c1ccc2[nH]c(=S)[nH]c2c1. The van der Waals surface area contributed by atoms with Crippen molar-refractivity contribution in [3.05, 3.63) is 56.3 Å². The third kappa shape index (κ3) is 3.83. The molecule has 0 saturated carbocycles. The van der Waals surface area contributed by atoms with Crippen molar-refractivity contribution in [2.45, 2.75) is 0 Å². The first-order valence-corrected chi connectivity index (χ1v) is 8.29. The van der Waals surface area contributed by atoms with E-state index in [9.17, 15) is 14.9 Å². The number of aromatic nitrogens is 2. The van der Waals surface area contributed by atoms with Crippen molar-refractivity contribution in [3.63, 3.8) is 0 Å². The van der Waals surface area contributed by atoms with Gasteiger partial charge in [0.05, 0.1) is 36.4 Å². The molecule has 0 aliphatic heterocycles. The lowest BCUT2D eigenvalue weighted by molar-refractivity contribution is -0.385. The molecule has 10 nitrogen and oxygen atoms in total. The Morgan fingerprint density at radius 2 is 1.89 bits per heavy atom. The smallest absolute Gasteiger partial charge is 0.311 e. The van der Waals surface area contributed by atoms with Crippen LogP contribution in [0.2, 0.25) is 0 Å². The zero-order valence-electron chi connectivity index (χ0n) is 14.8. The molecule has 0 aliphatic rings. The molecule has 3 aromatic rings. The van der Waals surface area contributed by atoms with Crippen LogP contribution in [0.3, 0.4) is 0 Å². The number of hydrogen-bond acceptors (Lipinski definition) is 7. The standard InChI is InChI=1S/C17H15N5O5S/c1-26-14-7-15(27-2)13(22(24)25)6-10(14)8-18-21-16(23)9-3-4-11-12(5-9)20-17(28)19-11/h3-8H,1-2H3,(H,21,23)(H2,19,20,28)/b18-8-. The molecule has 0 radical (unpaired) electrons. The van der Waals surface area contributed by atoms with Crippen LogP contribution in [0, 0.1) is 14.9 Å². The van der Waals surface area contributed by atoms with Crippen LogP contribution in [0.4, 0.5) is 5.69 Å². The van der Waals surface area contributed by atoms with E-state index in [2.05, 4.69) is 20.5 Å². The van der Waals surface area contributed by atoms with E-state index in [-0.39, 0.29) is 11.4 Å². The number of amides is 1. The Morgan fingerprint density at radius 1 is 1.18 bits per heavy atom. The number of H-pyrrole nitrogens is 2. The Labute approximate surface area is 163 Å². The minimum Gasteiger partial charge on any atom is -0.496 e. The molecular formula is C17H15N5O5S. The van der Waals surface area contributed by atoms with Gasteiger partial charge in [0.25, 0.3) is 5.91 Å². The van der Waals surface area contributed by atoms with E-state index in [1.54, 1.807) is 18.2 Å². The number of benzene rings is 2. The summed E-state index contributed by atoms with van der Waals surface area (Å²) in [5, 5.41) is 15.0. The molecule has 0 atom stereocenters. The third-order valence-corrected chi connectivity index (χ3v) is 4.08. The average molecular weight is 401 g/mol. The summed E-state index contributed by atoms with van der Waals surface area (Å²) in [6, 6.07) is 7.59. The molecule has 0 aliphatic carbocycles. The Kier molecular flexibility index (Phi) is 5.36. The van der Waals surface area contributed by atoms with Gasteiger partial charge in [0, 0.05) is 23.3 Å². The highest BCUT2D eigenvalue weighted by Gasteiger charge is 2.19. The van der Waals surface area contributed by atoms with Crippen LogP contribution < -0.4 is 14.9 Å². The highest BCUT2D eigenvalue weighted by Crippen LogP contribution is 2.33.